The number of hydrogen-bond acceptors (Lipinski definition) is 5. The maximum atomic E-state index is 11.8. The van der Waals surface area contributed by atoms with Crippen molar-refractivity contribution >= 4 is 29.0 Å². The average Bonchev–Trinajstić information content (AvgIpc) is 2.71. The molecule has 0 aliphatic rings. The van der Waals surface area contributed by atoms with Crippen molar-refractivity contribution in [2.45, 2.75) is 44.5 Å². The molecule has 1 aromatic heterocycles. The van der Waals surface area contributed by atoms with Crippen LogP contribution in [0.2, 0.25) is 0 Å². The van der Waals surface area contributed by atoms with E-state index in [0.717, 1.165) is 5.69 Å². The molecule has 5 nitrogen and oxygen atoms in total. The lowest BCUT2D eigenvalue weighted by molar-refractivity contribution is -0.121. The van der Waals surface area contributed by atoms with Crippen LogP contribution < -0.4 is 10.2 Å². The molecule has 0 aliphatic heterocycles. The second kappa shape index (κ2) is 8.49. The van der Waals surface area contributed by atoms with E-state index < -0.39 is 0 Å². The monoisotopic (exact) mass is 318 g/mol. The van der Waals surface area contributed by atoms with Gasteiger partial charge < -0.3 is 15.0 Å². The van der Waals surface area contributed by atoms with E-state index in [9.17, 15) is 9.59 Å². The molecule has 1 aromatic rings. The lowest BCUT2D eigenvalue weighted by Crippen LogP contribution is -2.41. The van der Waals surface area contributed by atoms with Crippen molar-refractivity contribution in [2.24, 2.45) is 0 Å². The summed E-state index contributed by atoms with van der Waals surface area (Å²) < 4.78 is 1.69. The van der Waals surface area contributed by atoms with Gasteiger partial charge in [-0.2, -0.15) is 11.8 Å². The van der Waals surface area contributed by atoms with Gasteiger partial charge in [0, 0.05) is 35.3 Å². The topological polar surface area (TPSA) is 71.3 Å². The summed E-state index contributed by atoms with van der Waals surface area (Å²) in [5.74, 6) is -0.0362. The summed E-state index contributed by atoms with van der Waals surface area (Å²) in [7, 11) is 0. The van der Waals surface area contributed by atoms with Crippen molar-refractivity contribution in [3.8, 4) is 0 Å². The lowest BCUT2D eigenvalue weighted by Gasteiger charge is -2.21. The van der Waals surface area contributed by atoms with E-state index in [1.165, 1.54) is 23.1 Å². The lowest BCUT2D eigenvalue weighted by atomic mass is 10.2. The van der Waals surface area contributed by atoms with E-state index in [1.54, 1.807) is 4.57 Å². The highest BCUT2D eigenvalue weighted by Gasteiger charge is 2.17. The minimum Gasteiger partial charge on any atom is -0.395 e. The Bertz CT molecular complexity index is 480. The number of aromatic nitrogens is 1. The number of nitrogens with zero attached hydrogens (tertiary/aromatic N) is 1. The van der Waals surface area contributed by atoms with Crippen LogP contribution in [0, 0.1) is 6.92 Å². The smallest absolute Gasteiger partial charge is 0.307 e. The zero-order chi connectivity index (χ0) is 15.1. The molecule has 0 saturated carbocycles. The number of carbonyl (C=O) groups excluding carboxylic acids is 1. The van der Waals surface area contributed by atoms with Crippen molar-refractivity contribution < 1.29 is 9.90 Å². The third kappa shape index (κ3) is 4.96. The van der Waals surface area contributed by atoms with Crippen LogP contribution in [0.4, 0.5) is 0 Å². The van der Waals surface area contributed by atoms with Gasteiger partial charge in [-0.05, 0) is 26.5 Å². The van der Waals surface area contributed by atoms with Crippen LogP contribution in [0.5, 0.6) is 0 Å². The normalized spacial score (nSPS) is 14.0. The zero-order valence-corrected chi connectivity index (χ0v) is 13.7. The first-order chi connectivity index (χ1) is 9.49. The number of amides is 1. The van der Waals surface area contributed by atoms with E-state index in [0.29, 0.717) is 19.4 Å². The van der Waals surface area contributed by atoms with E-state index in [2.05, 4.69) is 5.32 Å². The summed E-state index contributed by atoms with van der Waals surface area (Å²) in [6.07, 6.45) is 2.94. The first kappa shape index (κ1) is 17.3. The van der Waals surface area contributed by atoms with Crippen molar-refractivity contribution in [2.75, 3.05) is 12.9 Å². The molecule has 0 spiro atoms. The molecule has 1 rings (SSSR count). The Morgan fingerprint density at radius 2 is 2.30 bits per heavy atom. The van der Waals surface area contributed by atoms with Gasteiger partial charge in [-0.1, -0.05) is 11.3 Å². The van der Waals surface area contributed by atoms with Gasteiger partial charge in [0.1, 0.15) is 0 Å². The second-order valence-corrected chi connectivity index (χ2v) is 6.61. The molecule has 20 heavy (non-hydrogen) atoms. The number of aliphatic hydroxyl groups excluding tert-OH is 1. The van der Waals surface area contributed by atoms with Gasteiger partial charge in [0.25, 0.3) is 0 Å². The molecule has 0 aromatic carbocycles. The number of nitrogens with one attached hydrogen (secondary N) is 1. The van der Waals surface area contributed by atoms with Crippen LogP contribution >= 0.6 is 23.1 Å². The minimum atomic E-state index is -0.0619. The number of aliphatic hydroxyl groups is 1. The van der Waals surface area contributed by atoms with Gasteiger partial charge in [0.05, 0.1) is 6.61 Å². The molecule has 1 amide bonds. The number of thiazole rings is 1. The molecule has 0 bridgehead atoms. The fourth-order valence-corrected chi connectivity index (χ4v) is 3.31. The molecule has 2 atom stereocenters. The zero-order valence-electron chi connectivity index (χ0n) is 12.1. The Labute approximate surface area is 127 Å². The summed E-state index contributed by atoms with van der Waals surface area (Å²) >= 11 is 2.72. The van der Waals surface area contributed by atoms with Crippen LogP contribution in [0.15, 0.2) is 10.2 Å². The van der Waals surface area contributed by atoms with Crippen LogP contribution in [-0.4, -0.2) is 39.7 Å². The standard InChI is InChI=1S/C13H22N2O3S2/c1-9-8-20-13(18)15(9)6-4-5-12(17)14-10(2)11(7-16)19-3/h8,10-11,16H,4-7H2,1-3H3,(H,14,17). The summed E-state index contributed by atoms with van der Waals surface area (Å²) in [5.41, 5.74) is 0.941. The fraction of sp³-hybridized carbons (Fsp3) is 0.692. The SMILES string of the molecule is CSC(CO)C(C)NC(=O)CCCn1c(C)csc1=O. The highest BCUT2D eigenvalue weighted by atomic mass is 32.2. The quantitative estimate of drug-likeness (QED) is 0.756. The average molecular weight is 318 g/mol. The molecule has 7 heteroatoms. The number of hydrogen-bond donors (Lipinski definition) is 2. The first-order valence-corrected chi connectivity index (χ1v) is 8.74. The van der Waals surface area contributed by atoms with E-state index in [-0.39, 0.29) is 28.7 Å². The molecule has 2 unspecified atom stereocenters. The van der Waals surface area contributed by atoms with Crippen LogP contribution in [-0.2, 0) is 11.3 Å². The highest BCUT2D eigenvalue weighted by Crippen LogP contribution is 2.10. The molecule has 114 valence electrons. The van der Waals surface area contributed by atoms with Gasteiger partial charge in [0.15, 0.2) is 0 Å². The Hall–Kier alpha value is -0.790. The molecule has 0 aliphatic carbocycles. The van der Waals surface area contributed by atoms with Gasteiger partial charge in [-0.15, -0.1) is 0 Å². The summed E-state index contributed by atoms with van der Waals surface area (Å²) in [5, 5.41) is 13.9. The molecule has 0 saturated heterocycles. The molecule has 0 radical (unpaired) electrons. The van der Waals surface area contributed by atoms with Crippen LogP contribution in [0.25, 0.3) is 0 Å². The number of aryl methyl sites for hydroxylation is 1. The summed E-state index contributed by atoms with van der Waals surface area (Å²) in [6, 6.07) is -0.0619. The van der Waals surface area contributed by atoms with Crippen LogP contribution in [0.1, 0.15) is 25.5 Å². The predicted octanol–water partition coefficient (Wildman–Crippen LogP) is 1.23. The highest BCUT2D eigenvalue weighted by molar-refractivity contribution is 7.99. The molecule has 0 fully saturated rings. The molecule has 1 heterocycles. The Balaban J connectivity index is 2.35. The van der Waals surface area contributed by atoms with Crippen LogP contribution in [0.3, 0.4) is 0 Å². The Morgan fingerprint density at radius 3 is 2.80 bits per heavy atom. The Morgan fingerprint density at radius 1 is 1.60 bits per heavy atom. The van der Waals surface area contributed by atoms with E-state index in [1.807, 2.05) is 25.5 Å². The second-order valence-electron chi connectivity index (χ2n) is 4.71. The predicted molar refractivity (Wildman–Crippen MR) is 84.5 cm³/mol. The Kier molecular flexibility index (Phi) is 7.32. The van der Waals surface area contributed by atoms with Gasteiger partial charge in [0.2, 0.25) is 5.91 Å². The van der Waals surface area contributed by atoms with Crippen molar-refractivity contribution in [1.29, 1.82) is 0 Å². The summed E-state index contributed by atoms with van der Waals surface area (Å²) in [6.45, 7) is 4.40. The number of thioether (sulfide) groups is 1. The minimum absolute atomic E-state index is 0.0145. The van der Waals surface area contributed by atoms with Crippen molar-refractivity contribution in [3.63, 3.8) is 0 Å². The fourth-order valence-electron chi connectivity index (χ4n) is 1.93. The molecular formula is C13H22N2O3S2. The van der Waals surface area contributed by atoms with Gasteiger partial charge >= 0.3 is 4.87 Å². The van der Waals surface area contributed by atoms with Gasteiger partial charge in [-0.25, -0.2) is 0 Å². The summed E-state index contributed by atoms with van der Waals surface area (Å²) in [4.78, 5) is 23.3. The number of rotatable bonds is 8. The third-order valence-electron chi connectivity index (χ3n) is 3.19. The van der Waals surface area contributed by atoms with E-state index in [4.69, 9.17) is 5.11 Å². The van der Waals surface area contributed by atoms with Crippen molar-refractivity contribution in [1.82, 2.24) is 9.88 Å². The van der Waals surface area contributed by atoms with E-state index >= 15 is 0 Å². The molecule has 2 N–H and O–H groups in total. The third-order valence-corrected chi connectivity index (χ3v) is 5.23. The number of carbonyl (C=O) groups is 1. The first-order valence-electron chi connectivity index (χ1n) is 6.57. The molecular weight excluding hydrogens is 296 g/mol. The maximum absolute atomic E-state index is 11.8. The maximum Gasteiger partial charge on any atom is 0.307 e. The van der Waals surface area contributed by atoms with Gasteiger partial charge in [-0.3, -0.25) is 9.59 Å². The van der Waals surface area contributed by atoms with Crippen molar-refractivity contribution in [3.05, 3.63) is 20.7 Å². The largest absolute Gasteiger partial charge is 0.395 e.